The summed E-state index contributed by atoms with van der Waals surface area (Å²) in [6.45, 7) is 6.52. The highest BCUT2D eigenvalue weighted by atomic mass is 35.5. The molecule has 1 fully saturated rings. The molecule has 0 aliphatic carbocycles. The molecule has 3 rings (SSSR count). The molecule has 1 saturated heterocycles. The summed E-state index contributed by atoms with van der Waals surface area (Å²) in [7, 11) is 0. The van der Waals surface area contributed by atoms with Gasteiger partial charge in [0.15, 0.2) is 0 Å². The molecule has 1 aromatic carbocycles. The zero-order chi connectivity index (χ0) is 11.3. The first kappa shape index (κ1) is 13.0. The van der Waals surface area contributed by atoms with Gasteiger partial charge in [0.05, 0.1) is 10.7 Å². The highest BCUT2D eigenvalue weighted by Crippen LogP contribution is 2.40. The van der Waals surface area contributed by atoms with Gasteiger partial charge in [-0.1, -0.05) is 17.7 Å². The molecule has 1 aromatic rings. The van der Waals surface area contributed by atoms with E-state index in [0.29, 0.717) is 12.1 Å². The van der Waals surface area contributed by atoms with Gasteiger partial charge in [0, 0.05) is 25.2 Å². The number of rotatable bonds is 0. The van der Waals surface area contributed by atoms with Crippen molar-refractivity contribution in [3.63, 3.8) is 0 Å². The number of anilines is 1. The van der Waals surface area contributed by atoms with E-state index in [0.717, 1.165) is 24.5 Å². The fourth-order valence-electron chi connectivity index (χ4n) is 3.09. The minimum Gasteiger partial charge on any atom is -0.362 e. The van der Waals surface area contributed by atoms with Crippen LogP contribution in [0.2, 0.25) is 5.02 Å². The summed E-state index contributed by atoms with van der Waals surface area (Å²) >= 11 is 6.40. The number of benzene rings is 1. The normalized spacial score (nSPS) is 26.2. The Labute approximate surface area is 114 Å². The summed E-state index contributed by atoms with van der Waals surface area (Å²) in [4.78, 5) is 2.51. The van der Waals surface area contributed by atoms with Crippen LogP contribution in [-0.4, -0.2) is 25.2 Å². The second kappa shape index (κ2) is 4.68. The Kier molecular flexibility index (Phi) is 3.58. The lowest BCUT2D eigenvalue weighted by molar-refractivity contribution is 0.430. The Hall–Kier alpha value is -0.440. The first-order valence-electron chi connectivity index (χ1n) is 5.95. The van der Waals surface area contributed by atoms with E-state index in [-0.39, 0.29) is 12.4 Å². The summed E-state index contributed by atoms with van der Waals surface area (Å²) in [5.74, 6) is 0. The van der Waals surface area contributed by atoms with Gasteiger partial charge in [-0.15, -0.1) is 12.4 Å². The molecule has 2 heterocycles. The Balaban J connectivity index is 0.00000108. The van der Waals surface area contributed by atoms with Crippen LogP contribution in [0.25, 0.3) is 0 Å². The molecule has 0 radical (unpaired) electrons. The Bertz CT molecular complexity index is 434. The molecule has 4 heteroatoms. The predicted molar refractivity (Wildman–Crippen MR) is 75.7 cm³/mol. The molecule has 2 atom stereocenters. The lowest BCUT2D eigenvalue weighted by atomic mass is 10.1. The van der Waals surface area contributed by atoms with Crippen LogP contribution < -0.4 is 10.2 Å². The van der Waals surface area contributed by atoms with Crippen molar-refractivity contribution in [2.75, 3.05) is 18.0 Å². The number of halogens is 2. The average Bonchev–Trinajstić information content (AvgIpc) is 2.56. The highest BCUT2D eigenvalue weighted by molar-refractivity contribution is 6.33. The van der Waals surface area contributed by atoms with Crippen molar-refractivity contribution < 1.29 is 0 Å². The van der Waals surface area contributed by atoms with Crippen LogP contribution in [0.3, 0.4) is 0 Å². The van der Waals surface area contributed by atoms with Crippen molar-refractivity contribution in [2.24, 2.45) is 0 Å². The van der Waals surface area contributed by atoms with Crippen LogP contribution in [-0.2, 0) is 6.42 Å². The van der Waals surface area contributed by atoms with Gasteiger partial charge in [-0.2, -0.15) is 0 Å². The van der Waals surface area contributed by atoms with Crippen molar-refractivity contribution >= 4 is 29.7 Å². The minimum atomic E-state index is 0. The third-order valence-corrected chi connectivity index (χ3v) is 3.98. The minimum absolute atomic E-state index is 0. The van der Waals surface area contributed by atoms with Gasteiger partial charge < -0.3 is 10.2 Å². The molecule has 0 spiro atoms. The quantitative estimate of drug-likeness (QED) is 0.782. The van der Waals surface area contributed by atoms with E-state index in [9.17, 15) is 0 Å². The van der Waals surface area contributed by atoms with E-state index < -0.39 is 0 Å². The zero-order valence-electron chi connectivity index (χ0n) is 10.2. The number of hydrogen-bond donors (Lipinski definition) is 1. The second-order valence-electron chi connectivity index (χ2n) is 5.03. The van der Waals surface area contributed by atoms with Crippen molar-refractivity contribution in [1.29, 1.82) is 0 Å². The summed E-state index contributed by atoms with van der Waals surface area (Å²) < 4.78 is 0. The van der Waals surface area contributed by atoms with Crippen molar-refractivity contribution in [3.8, 4) is 0 Å². The third-order valence-electron chi connectivity index (χ3n) is 3.69. The molecule has 94 valence electrons. The van der Waals surface area contributed by atoms with E-state index in [1.165, 1.54) is 16.8 Å². The monoisotopic (exact) mass is 272 g/mol. The van der Waals surface area contributed by atoms with Crippen LogP contribution >= 0.6 is 24.0 Å². The van der Waals surface area contributed by atoms with Gasteiger partial charge in [0.1, 0.15) is 0 Å². The maximum Gasteiger partial charge on any atom is 0.0645 e. The molecular weight excluding hydrogens is 255 g/mol. The Morgan fingerprint density at radius 2 is 2.12 bits per heavy atom. The van der Waals surface area contributed by atoms with Crippen LogP contribution in [0, 0.1) is 6.92 Å². The number of nitrogens with one attached hydrogen (secondary N) is 1. The topological polar surface area (TPSA) is 15.3 Å². The molecule has 0 saturated carbocycles. The standard InChI is InChI=1S/C13H17ClN2.ClH/c1-8-3-10-5-11-7-15-6-9(2)16(11)13(10)12(14)4-8;/h3-4,9,11,15H,5-7H2,1-2H3;1H/t9-,11+;/m1./s1. The van der Waals surface area contributed by atoms with Crippen LogP contribution in [0.5, 0.6) is 0 Å². The summed E-state index contributed by atoms with van der Waals surface area (Å²) in [6, 6.07) is 5.50. The SMILES string of the molecule is Cc1cc(Cl)c2c(c1)C[C@H]1CNC[C@@H](C)N21.Cl. The molecule has 0 aromatic heterocycles. The van der Waals surface area contributed by atoms with Gasteiger partial charge in [0.25, 0.3) is 0 Å². The Morgan fingerprint density at radius 1 is 1.35 bits per heavy atom. The molecule has 2 aliphatic heterocycles. The molecule has 0 bridgehead atoms. The van der Waals surface area contributed by atoms with E-state index in [4.69, 9.17) is 11.6 Å². The van der Waals surface area contributed by atoms with E-state index in [1.54, 1.807) is 0 Å². The highest BCUT2D eigenvalue weighted by Gasteiger charge is 2.36. The number of piperazine rings is 1. The molecule has 0 amide bonds. The third kappa shape index (κ3) is 2.03. The van der Waals surface area contributed by atoms with Crippen molar-refractivity contribution in [1.82, 2.24) is 5.32 Å². The summed E-state index contributed by atoms with van der Waals surface area (Å²) in [6.07, 6.45) is 1.13. The molecule has 17 heavy (non-hydrogen) atoms. The van der Waals surface area contributed by atoms with Gasteiger partial charge in [0.2, 0.25) is 0 Å². The second-order valence-corrected chi connectivity index (χ2v) is 5.43. The molecular formula is C13H18Cl2N2. The summed E-state index contributed by atoms with van der Waals surface area (Å²) in [5.41, 5.74) is 3.97. The van der Waals surface area contributed by atoms with Crippen LogP contribution in [0.15, 0.2) is 12.1 Å². The van der Waals surface area contributed by atoms with Crippen molar-refractivity contribution in [2.45, 2.75) is 32.4 Å². The predicted octanol–water partition coefficient (Wildman–Crippen LogP) is 2.79. The number of nitrogens with zero attached hydrogens (tertiary/aromatic N) is 1. The number of fused-ring (bicyclic) bond motifs is 3. The Morgan fingerprint density at radius 3 is 2.88 bits per heavy atom. The van der Waals surface area contributed by atoms with Crippen molar-refractivity contribution in [3.05, 3.63) is 28.3 Å². The largest absolute Gasteiger partial charge is 0.362 e. The molecule has 2 aliphatic rings. The number of aryl methyl sites for hydroxylation is 1. The zero-order valence-corrected chi connectivity index (χ0v) is 11.7. The van der Waals surface area contributed by atoms with Gasteiger partial charge >= 0.3 is 0 Å². The number of hydrogen-bond acceptors (Lipinski definition) is 2. The molecule has 0 unspecified atom stereocenters. The van der Waals surface area contributed by atoms with E-state index in [2.05, 4.69) is 36.2 Å². The fraction of sp³-hybridized carbons (Fsp3) is 0.538. The van der Waals surface area contributed by atoms with Crippen LogP contribution in [0.4, 0.5) is 5.69 Å². The maximum atomic E-state index is 6.40. The molecule has 2 nitrogen and oxygen atoms in total. The summed E-state index contributed by atoms with van der Waals surface area (Å²) in [5, 5.41) is 4.41. The van der Waals surface area contributed by atoms with Gasteiger partial charge in [-0.05, 0) is 37.5 Å². The maximum absolute atomic E-state index is 6.40. The van der Waals surface area contributed by atoms with E-state index >= 15 is 0 Å². The fourth-order valence-corrected chi connectivity index (χ4v) is 3.49. The first-order valence-corrected chi connectivity index (χ1v) is 6.32. The lowest BCUT2D eigenvalue weighted by Gasteiger charge is -2.38. The lowest BCUT2D eigenvalue weighted by Crippen LogP contribution is -2.54. The van der Waals surface area contributed by atoms with E-state index in [1.807, 2.05) is 0 Å². The van der Waals surface area contributed by atoms with Gasteiger partial charge in [-0.25, -0.2) is 0 Å². The van der Waals surface area contributed by atoms with Crippen LogP contribution in [0.1, 0.15) is 18.1 Å². The average molecular weight is 273 g/mol. The van der Waals surface area contributed by atoms with Gasteiger partial charge in [-0.3, -0.25) is 0 Å². The smallest absolute Gasteiger partial charge is 0.0645 e. The molecule has 1 N–H and O–H groups in total. The first-order chi connectivity index (χ1) is 7.66.